The van der Waals surface area contributed by atoms with E-state index in [2.05, 4.69) is 5.32 Å². The number of carbonyl (C=O) groups excluding carboxylic acids is 2. The van der Waals surface area contributed by atoms with Gasteiger partial charge in [0.15, 0.2) is 0 Å². The van der Waals surface area contributed by atoms with Crippen molar-refractivity contribution in [1.29, 1.82) is 0 Å². The molecule has 0 spiro atoms. The quantitative estimate of drug-likeness (QED) is 0.168. The Morgan fingerprint density at radius 2 is 1.46 bits per heavy atom. The van der Waals surface area contributed by atoms with E-state index >= 15 is 0 Å². The highest BCUT2D eigenvalue weighted by Crippen LogP contribution is 2.34. The lowest BCUT2D eigenvalue weighted by Gasteiger charge is -2.34. The molecule has 0 unspecified atom stereocenters. The third-order valence-electron chi connectivity index (χ3n) is 7.93. The summed E-state index contributed by atoms with van der Waals surface area (Å²) in [7, 11) is -1.26. The number of rotatable bonds is 15. The van der Waals surface area contributed by atoms with Crippen LogP contribution in [-0.4, -0.2) is 58.5 Å². The van der Waals surface area contributed by atoms with Crippen molar-refractivity contribution in [1.82, 2.24) is 10.2 Å². The highest BCUT2D eigenvalue weighted by atomic mass is 32.2. The SMILES string of the molecule is COc1cccc(CN(C(=O)CN(c2cc(C)ccc2OC)S(=O)(=O)c2ccc(C)cc2)[C@H](Cc2ccccc2)C(=O)NCC(C)C)c1. The van der Waals surface area contributed by atoms with E-state index in [1.165, 1.54) is 24.1 Å². The molecule has 0 bridgehead atoms. The van der Waals surface area contributed by atoms with Crippen molar-refractivity contribution in [2.24, 2.45) is 5.92 Å². The molecule has 2 amide bonds. The molecule has 0 saturated heterocycles. The normalized spacial score (nSPS) is 11.9. The van der Waals surface area contributed by atoms with E-state index < -0.39 is 28.5 Å². The Balaban J connectivity index is 1.86. The number of hydrogen-bond donors (Lipinski definition) is 1. The first-order valence-electron chi connectivity index (χ1n) is 15.9. The lowest BCUT2D eigenvalue weighted by atomic mass is 10.0. The molecule has 0 heterocycles. The number of ether oxygens (including phenoxy) is 2. The molecule has 0 aliphatic carbocycles. The van der Waals surface area contributed by atoms with Gasteiger partial charge in [-0.15, -0.1) is 0 Å². The van der Waals surface area contributed by atoms with Gasteiger partial charge in [-0.2, -0.15) is 0 Å². The number of anilines is 1. The Bertz CT molecular complexity index is 1790. The van der Waals surface area contributed by atoms with Crippen molar-refractivity contribution < 1.29 is 27.5 Å². The number of benzene rings is 4. The molecule has 254 valence electrons. The summed E-state index contributed by atoms with van der Waals surface area (Å²) in [5.41, 5.74) is 3.47. The van der Waals surface area contributed by atoms with E-state index in [0.29, 0.717) is 18.0 Å². The van der Waals surface area contributed by atoms with Crippen molar-refractivity contribution in [2.45, 2.75) is 51.6 Å². The number of amides is 2. The summed E-state index contributed by atoms with van der Waals surface area (Å²) in [6.45, 7) is 7.57. The van der Waals surface area contributed by atoms with Gasteiger partial charge in [-0.3, -0.25) is 13.9 Å². The number of carbonyl (C=O) groups is 2. The second-order valence-electron chi connectivity index (χ2n) is 12.2. The number of sulfonamides is 1. The zero-order chi connectivity index (χ0) is 34.8. The summed E-state index contributed by atoms with van der Waals surface area (Å²) in [5.74, 6) is 0.177. The maximum Gasteiger partial charge on any atom is 0.264 e. The Labute approximate surface area is 284 Å². The molecule has 1 atom stereocenters. The molecular formula is C38H45N3O6S. The minimum absolute atomic E-state index is 0.0271. The van der Waals surface area contributed by atoms with Gasteiger partial charge in [0, 0.05) is 19.5 Å². The second kappa shape index (κ2) is 16.3. The molecule has 10 heteroatoms. The molecule has 4 aromatic carbocycles. The van der Waals surface area contributed by atoms with Crippen molar-refractivity contribution in [3.05, 3.63) is 119 Å². The molecule has 0 aliphatic heterocycles. The van der Waals surface area contributed by atoms with E-state index in [4.69, 9.17) is 9.47 Å². The van der Waals surface area contributed by atoms with Gasteiger partial charge in [-0.05, 0) is 72.9 Å². The lowest BCUT2D eigenvalue weighted by molar-refractivity contribution is -0.140. The standard InChI is InChI=1S/C38H45N3O6S/c1-27(2)24-39-38(43)35(23-30-11-8-7-9-12-30)40(25-31-13-10-14-32(22-31)46-5)37(42)26-41(34-21-29(4)17-20-36(34)47-6)48(44,45)33-18-15-28(3)16-19-33/h7-22,27,35H,23-26H2,1-6H3,(H,39,43)/t35-/m1/s1. The smallest absolute Gasteiger partial charge is 0.264 e. The predicted molar refractivity (Wildman–Crippen MR) is 189 cm³/mol. The van der Waals surface area contributed by atoms with Gasteiger partial charge in [-0.25, -0.2) is 8.42 Å². The average molecular weight is 672 g/mol. The third kappa shape index (κ3) is 9.16. The van der Waals surface area contributed by atoms with Crippen LogP contribution in [-0.2, 0) is 32.6 Å². The minimum atomic E-state index is -4.27. The molecule has 0 fully saturated rings. The van der Waals surface area contributed by atoms with Crippen LogP contribution in [0.5, 0.6) is 11.5 Å². The first-order valence-corrected chi connectivity index (χ1v) is 17.3. The Kier molecular flexibility index (Phi) is 12.2. The minimum Gasteiger partial charge on any atom is -0.497 e. The van der Waals surface area contributed by atoms with Crippen LogP contribution in [0.25, 0.3) is 0 Å². The van der Waals surface area contributed by atoms with Crippen LogP contribution in [0, 0.1) is 19.8 Å². The number of hydrogen-bond acceptors (Lipinski definition) is 6. The van der Waals surface area contributed by atoms with Crippen LogP contribution in [0.2, 0.25) is 0 Å². The monoisotopic (exact) mass is 671 g/mol. The van der Waals surface area contributed by atoms with E-state index in [1.54, 1.807) is 43.5 Å². The molecule has 0 aromatic heterocycles. The molecule has 0 radical (unpaired) electrons. The maximum absolute atomic E-state index is 14.7. The van der Waals surface area contributed by atoms with Crippen molar-refractivity contribution >= 4 is 27.5 Å². The number of methoxy groups -OCH3 is 2. The van der Waals surface area contributed by atoms with E-state index in [-0.39, 0.29) is 35.4 Å². The van der Waals surface area contributed by atoms with Crippen LogP contribution in [0.15, 0.2) is 102 Å². The van der Waals surface area contributed by atoms with E-state index in [9.17, 15) is 18.0 Å². The van der Waals surface area contributed by atoms with Gasteiger partial charge in [0.1, 0.15) is 24.1 Å². The van der Waals surface area contributed by atoms with Crippen LogP contribution in [0.3, 0.4) is 0 Å². The van der Waals surface area contributed by atoms with Gasteiger partial charge in [0.05, 0.1) is 24.8 Å². The number of aryl methyl sites for hydroxylation is 2. The number of nitrogens with zero attached hydrogens (tertiary/aromatic N) is 2. The van der Waals surface area contributed by atoms with Crippen molar-refractivity contribution in [3.8, 4) is 11.5 Å². The third-order valence-corrected chi connectivity index (χ3v) is 9.71. The maximum atomic E-state index is 14.7. The van der Waals surface area contributed by atoms with Gasteiger partial charge in [-0.1, -0.05) is 80.1 Å². The molecule has 4 aromatic rings. The molecule has 4 rings (SSSR count). The summed E-state index contributed by atoms with van der Waals surface area (Å²) < 4.78 is 40.9. The summed E-state index contributed by atoms with van der Waals surface area (Å²) in [6, 6.07) is 27.4. The fraction of sp³-hybridized carbons (Fsp3) is 0.316. The zero-order valence-corrected chi connectivity index (χ0v) is 29.3. The second-order valence-corrected chi connectivity index (χ2v) is 14.1. The Hall–Kier alpha value is -4.83. The molecule has 1 N–H and O–H groups in total. The number of nitrogens with one attached hydrogen (secondary N) is 1. The molecule has 0 saturated carbocycles. The fourth-order valence-electron chi connectivity index (χ4n) is 5.29. The van der Waals surface area contributed by atoms with Gasteiger partial charge in [0.2, 0.25) is 11.8 Å². The molecule has 0 aliphatic rings. The Morgan fingerprint density at radius 1 is 0.792 bits per heavy atom. The highest BCUT2D eigenvalue weighted by molar-refractivity contribution is 7.92. The predicted octanol–water partition coefficient (Wildman–Crippen LogP) is 5.93. The van der Waals surface area contributed by atoms with E-state index in [1.807, 2.05) is 76.2 Å². The first-order chi connectivity index (χ1) is 22.9. The topological polar surface area (TPSA) is 105 Å². The molecular weight excluding hydrogens is 627 g/mol. The van der Waals surface area contributed by atoms with E-state index in [0.717, 1.165) is 26.6 Å². The molecule has 48 heavy (non-hydrogen) atoms. The summed E-state index contributed by atoms with van der Waals surface area (Å²) in [5, 5.41) is 3.01. The summed E-state index contributed by atoms with van der Waals surface area (Å²) >= 11 is 0. The van der Waals surface area contributed by atoms with Crippen LogP contribution in [0.1, 0.15) is 36.1 Å². The van der Waals surface area contributed by atoms with Crippen LogP contribution >= 0.6 is 0 Å². The van der Waals surface area contributed by atoms with Gasteiger partial charge >= 0.3 is 0 Å². The highest BCUT2D eigenvalue weighted by Gasteiger charge is 2.35. The fourth-order valence-corrected chi connectivity index (χ4v) is 6.71. The van der Waals surface area contributed by atoms with Crippen molar-refractivity contribution in [2.75, 3.05) is 31.6 Å². The first kappa shape index (κ1) is 36.0. The average Bonchev–Trinajstić information content (AvgIpc) is 3.08. The largest absolute Gasteiger partial charge is 0.497 e. The zero-order valence-electron chi connectivity index (χ0n) is 28.5. The summed E-state index contributed by atoms with van der Waals surface area (Å²) in [6.07, 6.45) is 0.221. The Morgan fingerprint density at radius 3 is 2.10 bits per heavy atom. The van der Waals surface area contributed by atoms with Gasteiger partial charge < -0.3 is 19.7 Å². The van der Waals surface area contributed by atoms with Crippen LogP contribution < -0.4 is 19.1 Å². The van der Waals surface area contributed by atoms with Gasteiger partial charge in [0.25, 0.3) is 10.0 Å². The van der Waals surface area contributed by atoms with Crippen molar-refractivity contribution in [3.63, 3.8) is 0 Å². The summed E-state index contributed by atoms with van der Waals surface area (Å²) in [4.78, 5) is 30.2. The van der Waals surface area contributed by atoms with Crippen LogP contribution in [0.4, 0.5) is 5.69 Å². The lowest BCUT2D eigenvalue weighted by Crippen LogP contribution is -2.53. The molecule has 9 nitrogen and oxygen atoms in total.